The number of hydrogen-bond donors (Lipinski definition) is 1. The summed E-state index contributed by atoms with van der Waals surface area (Å²) >= 11 is 0. The fourth-order valence-electron chi connectivity index (χ4n) is 2.56. The Balaban J connectivity index is 1.80. The molecule has 1 aromatic carbocycles. The number of nitrogens with one attached hydrogen (secondary N) is 1. The number of rotatable bonds is 9. The van der Waals surface area contributed by atoms with Gasteiger partial charge in [-0.2, -0.15) is 5.10 Å². The number of aryl methyl sites for hydroxylation is 1. The maximum atomic E-state index is 4.47. The fraction of sp³-hybridized carbons (Fsp3) is 0.500. The van der Waals surface area contributed by atoms with Crippen LogP contribution in [0.15, 0.2) is 42.7 Å². The van der Waals surface area contributed by atoms with Gasteiger partial charge in [-0.15, -0.1) is 0 Å². The maximum Gasteiger partial charge on any atom is 0.0568 e. The highest BCUT2D eigenvalue weighted by atomic mass is 15.3. The molecule has 1 heterocycles. The summed E-state index contributed by atoms with van der Waals surface area (Å²) < 4.78 is 2.06. The van der Waals surface area contributed by atoms with Gasteiger partial charge < -0.3 is 5.32 Å². The molecule has 0 amide bonds. The molecule has 1 aromatic heterocycles. The summed E-state index contributed by atoms with van der Waals surface area (Å²) in [5.74, 6) is 0. The van der Waals surface area contributed by atoms with E-state index in [0.717, 1.165) is 13.1 Å². The van der Waals surface area contributed by atoms with Crippen molar-refractivity contribution in [2.45, 2.75) is 52.1 Å². The highest BCUT2D eigenvalue weighted by molar-refractivity contribution is 5.61. The van der Waals surface area contributed by atoms with Crippen LogP contribution in [0.1, 0.15) is 39.5 Å². The molecule has 1 unspecified atom stereocenters. The summed E-state index contributed by atoms with van der Waals surface area (Å²) in [4.78, 5) is 0. The Morgan fingerprint density at radius 1 is 1.14 bits per heavy atom. The molecule has 0 bridgehead atoms. The molecule has 114 valence electrons. The molecule has 1 N–H and O–H groups in total. The number of nitrogens with zero attached hydrogens (tertiary/aromatic N) is 2. The van der Waals surface area contributed by atoms with Crippen molar-refractivity contribution < 1.29 is 0 Å². The highest BCUT2D eigenvalue weighted by Gasteiger charge is 2.05. The molecule has 2 rings (SSSR count). The van der Waals surface area contributed by atoms with E-state index in [1.807, 2.05) is 12.3 Å². The molecule has 0 spiro atoms. The van der Waals surface area contributed by atoms with Gasteiger partial charge in [-0.05, 0) is 37.8 Å². The van der Waals surface area contributed by atoms with E-state index < -0.39 is 0 Å². The van der Waals surface area contributed by atoms with Crippen LogP contribution in [0.4, 0.5) is 0 Å². The van der Waals surface area contributed by atoms with Gasteiger partial charge in [0.05, 0.1) is 6.20 Å². The lowest BCUT2D eigenvalue weighted by molar-refractivity contribution is 0.431. The normalized spacial score (nSPS) is 12.5. The van der Waals surface area contributed by atoms with E-state index in [1.54, 1.807) is 0 Å². The lowest BCUT2D eigenvalue weighted by Gasteiger charge is -2.16. The van der Waals surface area contributed by atoms with E-state index in [1.165, 1.54) is 36.8 Å². The summed E-state index contributed by atoms with van der Waals surface area (Å²) in [7, 11) is 0. The minimum atomic E-state index is 0.647. The zero-order valence-electron chi connectivity index (χ0n) is 13.3. The van der Waals surface area contributed by atoms with Crippen LogP contribution >= 0.6 is 0 Å². The fourth-order valence-corrected chi connectivity index (χ4v) is 2.56. The van der Waals surface area contributed by atoms with Gasteiger partial charge in [0.2, 0.25) is 0 Å². The standard InChI is InChI=1S/C18H27N3/c1-3-12-19-18(4-2)11-8-13-21-15-17(14-20-21)16-9-6-5-7-10-16/h5-7,9-10,14-15,18-19H,3-4,8,11-13H2,1-2H3. The van der Waals surface area contributed by atoms with E-state index in [4.69, 9.17) is 0 Å². The molecule has 0 aliphatic heterocycles. The highest BCUT2D eigenvalue weighted by Crippen LogP contribution is 2.17. The molecule has 3 heteroatoms. The van der Waals surface area contributed by atoms with E-state index in [-0.39, 0.29) is 0 Å². The van der Waals surface area contributed by atoms with Crippen LogP contribution in [0.3, 0.4) is 0 Å². The van der Waals surface area contributed by atoms with E-state index in [9.17, 15) is 0 Å². The summed E-state index contributed by atoms with van der Waals surface area (Å²) in [6, 6.07) is 11.1. The van der Waals surface area contributed by atoms with Crippen molar-refractivity contribution in [2.24, 2.45) is 0 Å². The summed E-state index contributed by atoms with van der Waals surface area (Å²) in [6.07, 6.45) is 8.91. The monoisotopic (exact) mass is 285 g/mol. The van der Waals surface area contributed by atoms with Crippen molar-refractivity contribution >= 4 is 0 Å². The Hall–Kier alpha value is -1.61. The first-order chi connectivity index (χ1) is 10.3. The second-order valence-corrected chi connectivity index (χ2v) is 5.56. The lowest BCUT2D eigenvalue weighted by Crippen LogP contribution is -2.29. The Bertz CT molecular complexity index is 504. The van der Waals surface area contributed by atoms with E-state index in [0.29, 0.717) is 6.04 Å². The topological polar surface area (TPSA) is 29.9 Å². The van der Waals surface area contributed by atoms with Crippen molar-refractivity contribution in [3.63, 3.8) is 0 Å². The van der Waals surface area contributed by atoms with Crippen molar-refractivity contribution in [3.05, 3.63) is 42.7 Å². The summed E-state index contributed by atoms with van der Waals surface area (Å²) in [5, 5.41) is 8.08. The second-order valence-electron chi connectivity index (χ2n) is 5.56. The van der Waals surface area contributed by atoms with E-state index in [2.05, 4.69) is 59.4 Å². The van der Waals surface area contributed by atoms with Gasteiger partial charge in [-0.3, -0.25) is 4.68 Å². The third kappa shape index (κ3) is 5.01. The van der Waals surface area contributed by atoms with Gasteiger partial charge in [0, 0.05) is 24.3 Å². The first-order valence-electron chi connectivity index (χ1n) is 8.14. The lowest BCUT2D eigenvalue weighted by atomic mass is 10.1. The first kappa shape index (κ1) is 15.8. The molecule has 2 aromatic rings. The van der Waals surface area contributed by atoms with Crippen LogP contribution in [0.25, 0.3) is 11.1 Å². The Kier molecular flexibility index (Phi) is 6.48. The Labute approximate surface area is 128 Å². The largest absolute Gasteiger partial charge is 0.314 e. The predicted molar refractivity (Wildman–Crippen MR) is 89.3 cm³/mol. The van der Waals surface area contributed by atoms with Crippen molar-refractivity contribution in [1.82, 2.24) is 15.1 Å². The molecule has 1 atom stereocenters. The Morgan fingerprint density at radius 3 is 2.67 bits per heavy atom. The third-order valence-corrected chi connectivity index (χ3v) is 3.86. The molecule has 0 saturated heterocycles. The van der Waals surface area contributed by atoms with Gasteiger partial charge in [-0.1, -0.05) is 44.2 Å². The van der Waals surface area contributed by atoms with Crippen molar-refractivity contribution in [1.29, 1.82) is 0 Å². The van der Waals surface area contributed by atoms with Gasteiger partial charge >= 0.3 is 0 Å². The minimum Gasteiger partial charge on any atom is -0.314 e. The average Bonchev–Trinajstić information content (AvgIpc) is 3.00. The maximum absolute atomic E-state index is 4.47. The number of aromatic nitrogens is 2. The zero-order chi connectivity index (χ0) is 14.9. The molecular weight excluding hydrogens is 258 g/mol. The quantitative estimate of drug-likeness (QED) is 0.751. The SMILES string of the molecule is CCCNC(CC)CCCn1cc(-c2ccccc2)cn1. The molecule has 0 radical (unpaired) electrons. The molecule has 21 heavy (non-hydrogen) atoms. The van der Waals surface area contributed by atoms with E-state index >= 15 is 0 Å². The third-order valence-electron chi connectivity index (χ3n) is 3.86. The van der Waals surface area contributed by atoms with Crippen LogP contribution in [0.5, 0.6) is 0 Å². The summed E-state index contributed by atoms with van der Waals surface area (Å²) in [6.45, 7) is 6.60. The van der Waals surface area contributed by atoms with Gasteiger partial charge in [-0.25, -0.2) is 0 Å². The van der Waals surface area contributed by atoms with Gasteiger partial charge in [0.1, 0.15) is 0 Å². The molecule has 3 nitrogen and oxygen atoms in total. The predicted octanol–water partition coefficient (Wildman–Crippen LogP) is 4.11. The molecule has 0 aliphatic carbocycles. The van der Waals surface area contributed by atoms with Crippen LogP contribution < -0.4 is 5.32 Å². The molecular formula is C18H27N3. The average molecular weight is 285 g/mol. The van der Waals surface area contributed by atoms with Crippen molar-refractivity contribution in [3.8, 4) is 11.1 Å². The zero-order valence-corrected chi connectivity index (χ0v) is 13.3. The first-order valence-corrected chi connectivity index (χ1v) is 8.14. The number of hydrogen-bond acceptors (Lipinski definition) is 2. The molecule has 0 fully saturated rings. The van der Waals surface area contributed by atoms with Crippen LogP contribution in [-0.4, -0.2) is 22.4 Å². The summed E-state index contributed by atoms with van der Waals surface area (Å²) in [5.41, 5.74) is 2.44. The van der Waals surface area contributed by atoms with Crippen molar-refractivity contribution in [2.75, 3.05) is 6.54 Å². The number of benzene rings is 1. The Morgan fingerprint density at radius 2 is 1.95 bits per heavy atom. The van der Waals surface area contributed by atoms with Gasteiger partial charge in [0.15, 0.2) is 0 Å². The minimum absolute atomic E-state index is 0.647. The van der Waals surface area contributed by atoms with Gasteiger partial charge in [0.25, 0.3) is 0 Å². The van der Waals surface area contributed by atoms with Crippen LogP contribution in [0, 0.1) is 0 Å². The van der Waals surface area contributed by atoms with Crippen LogP contribution in [0.2, 0.25) is 0 Å². The molecule has 0 aliphatic rings. The second kappa shape index (κ2) is 8.63. The van der Waals surface area contributed by atoms with Crippen LogP contribution in [-0.2, 0) is 6.54 Å². The molecule has 0 saturated carbocycles. The smallest absolute Gasteiger partial charge is 0.0568 e.